The molecule has 2 rings (SSSR count). The van der Waals surface area contributed by atoms with Crippen LogP contribution < -0.4 is 5.73 Å². The summed E-state index contributed by atoms with van der Waals surface area (Å²) < 4.78 is 2.10. The second kappa shape index (κ2) is 5.66. The summed E-state index contributed by atoms with van der Waals surface area (Å²) in [5.41, 5.74) is 7.97. The summed E-state index contributed by atoms with van der Waals surface area (Å²) in [5.74, 6) is 1.73. The highest BCUT2D eigenvalue weighted by atomic mass is 35.5. The first-order valence-corrected chi connectivity index (χ1v) is 7.05. The van der Waals surface area contributed by atoms with Gasteiger partial charge >= 0.3 is 0 Å². The van der Waals surface area contributed by atoms with E-state index < -0.39 is 0 Å². The van der Waals surface area contributed by atoms with Crippen LogP contribution in [-0.4, -0.2) is 9.55 Å². The average molecular weight is 278 g/mol. The smallest absolute Gasteiger partial charge is 0.132 e. The number of imidazole rings is 1. The number of anilines is 1. The molecule has 1 aromatic heterocycles. The molecule has 102 valence electrons. The fraction of sp³-hybridized carbons (Fsp3) is 0.400. The van der Waals surface area contributed by atoms with E-state index in [2.05, 4.69) is 25.3 Å². The fourth-order valence-corrected chi connectivity index (χ4v) is 2.55. The standard InChI is InChI=1S/C15H20ClN3/c1-4-7-13-18-14(15(17)19(13)10(2)3)11-8-5-6-9-12(11)16/h5-6,8-10H,4,7,17H2,1-3H3. The summed E-state index contributed by atoms with van der Waals surface area (Å²) >= 11 is 6.24. The lowest BCUT2D eigenvalue weighted by Gasteiger charge is -2.13. The molecule has 0 bridgehead atoms. The molecule has 0 saturated carbocycles. The minimum atomic E-state index is 0.297. The van der Waals surface area contributed by atoms with Gasteiger partial charge < -0.3 is 10.3 Å². The maximum absolute atomic E-state index is 6.28. The number of aryl methyl sites for hydroxylation is 1. The zero-order chi connectivity index (χ0) is 14.0. The maximum Gasteiger partial charge on any atom is 0.132 e. The summed E-state index contributed by atoms with van der Waals surface area (Å²) in [6.07, 6.45) is 1.97. The number of hydrogen-bond donors (Lipinski definition) is 1. The van der Waals surface area contributed by atoms with Crippen LogP contribution in [0.4, 0.5) is 5.82 Å². The van der Waals surface area contributed by atoms with Crippen molar-refractivity contribution in [1.82, 2.24) is 9.55 Å². The van der Waals surface area contributed by atoms with Gasteiger partial charge in [-0.1, -0.05) is 36.7 Å². The third kappa shape index (κ3) is 2.61. The molecule has 0 atom stereocenters. The van der Waals surface area contributed by atoms with Crippen LogP contribution in [0.1, 0.15) is 39.1 Å². The molecule has 19 heavy (non-hydrogen) atoms. The predicted octanol–water partition coefficient (Wildman–Crippen LogP) is 4.32. The normalized spacial score (nSPS) is 11.2. The average Bonchev–Trinajstić information content (AvgIpc) is 2.67. The van der Waals surface area contributed by atoms with Gasteiger partial charge in [0.2, 0.25) is 0 Å². The van der Waals surface area contributed by atoms with Gasteiger partial charge in [-0.2, -0.15) is 0 Å². The minimum absolute atomic E-state index is 0.297. The topological polar surface area (TPSA) is 43.8 Å². The van der Waals surface area contributed by atoms with Crippen molar-refractivity contribution >= 4 is 17.4 Å². The summed E-state index contributed by atoms with van der Waals surface area (Å²) in [5, 5.41) is 0.686. The van der Waals surface area contributed by atoms with E-state index in [-0.39, 0.29) is 0 Å². The lowest BCUT2D eigenvalue weighted by Crippen LogP contribution is -2.09. The van der Waals surface area contributed by atoms with Crippen LogP contribution in [0, 0.1) is 0 Å². The van der Waals surface area contributed by atoms with Crippen LogP contribution in [0.5, 0.6) is 0 Å². The number of nitrogen functional groups attached to an aromatic ring is 1. The third-order valence-electron chi connectivity index (χ3n) is 3.14. The van der Waals surface area contributed by atoms with Gasteiger partial charge in [0.15, 0.2) is 0 Å². The van der Waals surface area contributed by atoms with E-state index >= 15 is 0 Å². The number of halogens is 1. The van der Waals surface area contributed by atoms with Crippen LogP contribution in [0.2, 0.25) is 5.02 Å². The monoisotopic (exact) mass is 277 g/mol. The van der Waals surface area contributed by atoms with E-state index in [1.807, 2.05) is 24.3 Å². The van der Waals surface area contributed by atoms with E-state index in [9.17, 15) is 0 Å². The summed E-state index contributed by atoms with van der Waals surface area (Å²) in [4.78, 5) is 4.71. The van der Waals surface area contributed by atoms with Crippen LogP contribution in [-0.2, 0) is 6.42 Å². The van der Waals surface area contributed by atoms with Gasteiger partial charge in [-0.3, -0.25) is 0 Å². The van der Waals surface area contributed by atoms with Crippen molar-refractivity contribution in [2.45, 2.75) is 39.7 Å². The highest BCUT2D eigenvalue weighted by molar-refractivity contribution is 6.33. The first-order chi connectivity index (χ1) is 9.06. The SMILES string of the molecule is CCCc1nc(-c2ccccc2Cl)c(N)n1C(C)C. The van der Waals surface area contributed by atoms with Crippen molar-refractivity contribution in [1.29, 1.82) is 0 Å². The maximum atomic E-state index is 6.28. The Hall–Kier alpha value is -1.48. The number of rotatable bonds is 4. The van der Waals surface area contributed by atoms with Gasteiger partial charge in [0.1, 0.15) is 17.3 Å². The molecule has 0 aliphatic rings. The molecular weight excluding hydrogens is 258 g/mol. The Bertz CT molecular complexity index is 573. The summed E-state index contributed by atoms with van der Waals surface area (Å²) in [6, 6.07) is 7.99. The Balaban J connectivity index is 2.59. The number of nitrogens with two attached hydrogens (primary N) is 1. The van der Waals surface area contributed by atoms with Crippen LogP contribution >= 0.6 is 11.6 Å². The molecule has 0 spiro atoms. The van der Waals surface area contributed by atoms with E-state index in [1.165, 1.54) is 0 Å². The molecule has 0 aliphatic heterocycles. The summed E-state index contributed by atoms with van der Waals surface area (Å²) in [7, 11) is 0. The molecule has 3 nitrogen and oxygen atoms in total. The Morgan fingerprint density at radius 2 is 2.00 bits per heavy atom. The van der Waals surface area contributed by atoms with Gasteiger partial charge in [-0.15, -0.1) is 0 Å². The quantitative estimate of drug-likeness (QED) is 0.904. The molecule has 2 N–H and O–H groups in total. The van der Waals surface area contributed by atoms with E-state index in [0.29, 0.717) is 16.9 Å². The molecule has 0 unspecified atom stereocenters. The summed E-state index contributed by atoms with van der Waals surface area (Å²) in [6.45, 7) is 6.38. The largest absolute Gasteiger partial charge is 0.383 e. The molecule has 0 fully saturated rings. The van der Waals surface area contributed by atoms with E-state index in [1.54, 1.807) is 0 Å². The van der Waals surface area contributed by atoms with Gasteiger partial charge in [-0.05, 0) is 26.3 Å². The Labute approximate surface area is 119 Å². The number of hydrogen-bond acceptors (Lipinski definition) is 2. The Morgan fingerprint density at radius 1 is 1.32 bits per heavy atom. The highest BCUT2D eigenvalue weighted by Gasteiger charge is 2.18. The lowest BCUT2D eigenvalue weighted by atomic mass is 10.1. The Morgan fingerprint density at radius 3 is 2.58 bits per heavy atom. The van der Waals surface area contributed by atoms with Crippen molar-refractivity contribution in [3.8, 4) is 11.3 Å². The zero-order valence-electron chi connectivity index (χ0n) is 11.7. The van der Waals surface area contributed by atoms with Crippen molar-refractivity contribution < 1.29 is 0 Å². The van der Waals surface area contributed by atoms with Gasteiger partial charge in [0, 0.05) is 18.0 Å². The molecule has 0 radical (unpaired) electrons. The molecule has 1 heterocycles. The highest BCUT2D eigenvalue weighted by Crippen LogP contribution is 2.33. The van der Waals surface area contributed by atoms with Crippen molar-refractivity contribution in [2.75, 3.05) is 5.73 Å². The fourth-order valence-electron chi connectivity index (χ4n) is 2.32. The molecule has 0 aliphatic carbocycles. The van der Waals surface area contributed by atoms with Crippen molar-refractivity contribution in [3.05, 3.63) is 35.1 Å². The minimum Gasteiger partial charge on any atom is -0.383 e. The molecular formula is C15H20ClN3. The van der Waals surface area contributed by atoms with Gasteiger partial charge in [0.25, 0.3) is 0 Å². The zero-order valence-corrected chi connectivity index (χ0v) is 12.4. The van der Waals surface area contributed by atoms with Crippen LogP contribution in [0.3, 0.4) is 0 Å². The number of benzene rings is 1. The third-order valence-corrected chi connectivity index (χ3v) is 3.47. The van der Waals surface area contributed by atoms with E-state index in [0.717, 1.165) is 29.9 Å². The van der Waals surface area contributed by atoms with Crippen LogP contribution in [0.15, 0.2) is 24.3 Å². The molecule has 0 saturated heterocycles. The van der Waals surface area contributed by atoms with Crippen molar-refractivity contribution in [2.24, 2.45) is 0 Å². The second-order valence-corrected chi connectivity index (χ2v) is 5.36. The second-order valence-electron chi connectivity index (χ2n) is 4.96. The predicted molar refractivity (Wildman–Crippen MR) is 81.5 cm³/mol. The van der Waals surface area contributed by atoms with Gasteiger partial charge in [0.05, 0.1) is 5.02 Å². The van der Waals surface area contributed by atoms with Crippen molar-refractivity contribution in [3.63, 3.8) is 0 Å². The molecule has 2 aromatic rings. The number of nitrogens with zero attached hydrogens (tertiary/aromatic N) is 2. The molecule has 1 aromatic carbocycles. The van der Waals surface area contributed by atoms with Crippen LogP contribution in [0.25, 0.3) is 11.3 Å². The van der Waals surface area contributed by atoms with Gasteiger partial charge in [-0.25, -0.2) is 4.98 Å². The molecule has 0 amide bonds. The molecule has 4 heteroatoms. The first kappa shape index (κ1) is 13.9. The van der Waals surface area contributed by atoms with E-state index in [4.69, 9.17) is 22.3 Å². The Kier molecular flexibility index (Phi) is 4.15. The first-order valence-electron chi connectivity index (χ1n) is 6.67. The lowest BCUT2D eigenvalue weighted by molar-refractivity contribution is 0.571. The number of aromatic nitrogens is 2.